The minimum Gasteiger partial charge on any atom is -0.351 e. The van der Waals surface area contributed by atoms with Gasteiger partial charge in [-0.1, -0.05) is 28.9 Å². The van der Waals surface area contributed by atoms with Crippen molar-refractivity contribution >= 4 is 33.4 Å². The molecule has 5 nitrogen and oxygen atoms in total. The molecule has 0 atom stereocenters. The zero-order valence-corrected chi connectivity index (χ0v) is 14.6. The molecule has 0 saturated carbocycles. The van der Waals surface area contributed by atoms with Crippen molar-refractivity contribution in [3.8, 4) is 0 Å². The van der Waals surface area contributed by atoms with Crippen LogP contribution >= 0.6 is 15.9 Å². The van der Waals surface area contributed by atoms with Crippen LogP contribution in [0.3, 0.4) is 0 Å². The molecule has 0 radical (unpaired) electrons. The summed E-state index contributed by atoms with van der Waals surface area (Å²) in [5, 5.41) is 5.55. The van der Waals surface area contributed by atoms with Gasteiger partial charge in [0.1, 0.15) is 5.69 Å². The predicted molar refractivity (Wildman–Crippen MR) is 93.7 cm³/mol. The van der Waals surface area contributed by atoms with E-state index in [1.807, 2.05) is 32.0 Å². The van der Waals surface area contributed by atoms with E-state index in [0.717, 1.165) is 16.5 Å². The molecule has 1 aromatic heterocycles. The second-order valence-electron chi connectivity index (χ2n) is 5.10. The van der Waals surface area contributed by atoms with E-state index in [2.05, 4.69) is 31.5 Å². The molecule has 120 valence electrons. The van der Waals surface area contributed by atoms with Gasteiger partial charge in [-0.3, -0.25) is 14.6 Å². The van der Waals surface area contributed by atoms with Crippen LogP contribution in [0.25, 0.3) is 0 Å². The summed E-state index contributed by atoms with van der Waals surface area (Å²) in [6.07, 6.45) is 2.30. The first-order valence-corrected chi connectivity index (χ1v) is 8.12. The molecule has 2 N–H and O–H groups in total. The van der Waals surface area contributed by atoms with E-state index in [-0.39, 0.29) is 17.5 Å². The molecular weight excluding hydrogens is 358 g/mol. The lowest BCUT2D eigenvalue weighted by Gasteiger charge is -2.08. The fourth-order valence-corrected chi connectivity index (χ4v) is 2.28. The van der Waals surface area contributed by atoms with Crippen molar-refractivity contribution in [3.05, 3.63) is 57.8 Å². The Kier molecular flexibility index (Phi) is 5.87. The van der Waals surface area contributed by atoms with Gasteiger partial charge in [-0.05, 0) is 43.2 Å². The third-order valence-electron chi connectivity index (χ3n) is 3.22. The normalized spacial score (nSPS) is 10.2. The zero-order chi connectivity index (χ0) is 16.8. The van der Waals surface area contributed by atoms with Gasteiger partial charge in [0.2, 0.25) is 0 Å². The first kappa shape index (κ1) is 17.1. The molecule has 6 heteroatoms. The largest absolute Gasteiger partial charge is 0.351 e. The van der Waals surface area contributed by atoms with E-state index in [4.69, 9.17) is 0 Å². The minimum absolute atomic E-state index is 0.233. The van der Waals surface area contributed by atoms with Crippen molar-refractivity contribution in [2.45, 2.75) is 20.3 Å². The third-order valence-corrected chi connectivity index (χ3v) is 4.07. The van der Waals surface area contributed by atoms with Gasteiger partial charge in [0.05, 0.1) is 0 Å². The Hall–Kier alpha value is -2.21. The predicted octanol–water partition coefficient (Wildman–Crippen LogP) is 3.54. The van der Waals surface area contributed by atoms with Crippen molar-refractivity contribution in [2.24, 2.45) is 0 Å². The second kappa shape index (κ2) is 7.87. The summed E-state index contributed by atoms with van der Waals surface area (Å²) in [7, 11) is 0. The number of nitrogens with one attached hydrogen (secondary N) is 2. The number of pyridine rings is 1. The molecule has 0 aliphatic rings. The Bertz CT molecular complexity index is 732. The number of benzene rings is 1. The monoisotopic (exact) mass is 375 g/mol. The number of anilines is 1. The number of carbonyl (C=O) groups excluding carboxylic acids is 2. The van der Waals surface area contributed by atoms with Gasteiger partial charge in [0.25, 0.3) is 11.8 Å². The lowest BCUT2D eigenvalue weighted by molar-refractivity contribution is 0.0948. The minimum atomic E-state index is -0.285. The standard InChI is InChI=1S/C17H18BrN3O2/c1-3-7-20-17(23)15-9-12(6-8-19-15)16(22)21-13-5-4-11(2)14(18)10-13/h4-6,8-10H,3,7H2,1-2H3,(H,20,23)(H,21,22). The number of hydrogen-bond acceptors (Lipinski definition) is 3. The number of rotatable bonds is 5. The average molecular weight is 376 g/mol. The van der Waals surface area contributed by atoms with Crippen LogP contribution < -0.4 is 10.6 Å². The number of aryl methyl sites for hydroxylation is 1. The molecule has 0 fully saturated rings. The van der Waals surface area contributed by atoms with Crippen molar-refractivity contribution < 1.29 is 9.59 Å². The molecule has 0 saturated heterocycles. The smallest absolute Gasteiger partial charge is 0.269 e. The lowest BCUT2D eigenvalue weighted by atomic mass is 10.2. The molecule has 1 heterocycles. The molecule has 2 rings (SSSR count). The summed E-state index contributed by atoms with van der Waals surface area (Å²) in [6.45, 7) is 4.52. The Morgan fingerprint density at radius 3 is 2.65 bits per heavy atom. The average Bonchev–Trinajstić information content (AvgIpc) is 2.56. The maximum atomic E-state index is 12.3. The summed E-state index contributed by atoms with van der Waals surface area (Å²) in [5.74, 6) is -0.563. The summed E-state index contributed by atoms with van der Waals surface area (Å²) < 4.78 is 0.921. The lowest BCUT2D eigenvalue weighted by Crippen LogP contribution is -2.25. The highest BCUT2D eigenvalue weighted by Crippen LogP contribution is 2.21. The highest BCUT2D eigenvalue weighted by molar-refractivity contribution is 9.10. The highest BCUT2D eigenvalue weighted by atomic mass is 79.9. The van der Waals surface area contributed by atoms with E-state index in [0.29, 0.717) is 17.8 Å². The summed E-state index contributed by atoms with van der Waals surface area (Å²) >= 11 is 3.43. The molecular formula is C17H18BrN3O2. The Morgan fingerprint density at radius 2 is 1.96 bits per heavy atom. The van der Waals surface area contributed by atoms with Gasteiger partial charge in [0.15, 0.2) is 0 Å². The fraction of sp³-hybridized carbons (Fsp3) is 0.235. The van der Waals surface area contributed by atoms with Gasteiger partial charge in [-0.15, -0.1) is 0 Å². The number of aromatic nitrogens is 1. The molecule has 2 amide bonds. The third kappa shape index (κ3) is 4.63. The van der Waals surface area contributed by atoms with Crippen LogP contribution in [0, 0.1) is 6.92 Å². The molecule has 0 aliphatic heterocycles. The molecule has 2 aromatic rings. The number of carbonyl (C=O) groups is 2. The van der Waals surface area contributed by atoms with Crippen LogP contribution in [-0.2, 0) is 0 Å². The van der Waals surface area contributed by atoms with Crippen LogP contribution in [0.15, 0.2) is 41.0 Å². The quantitative estimate of drug-likeness (QED) is 0.839. The van der Waals surface area contributed by atoms with E-state index < -0.39 is 0 Å². The van der Waals surface area contributed by atoms with Gasteiger partial charge < -0.3 is 10.6 Å². The molecule has 1 aromatic carbocycles. The Balaban J connectivity index is 2.13. The van der Waals surface area contributed by atoms with Gasteiger partial charge in [-0.25, -0.2) is 0 Å². The first-order valence-electron chi connectivity index (χ1n) is 7.33. The summed E-state index contributed by atoms with van der Waals surface area (Å²) in [5.41, 5.74) is 2.39. The number of halogens is 1. The fourth-order valence-electron chi connectivity index (χ4n) is 1.90. The van der Waals surface area contributed by atoms with Crippen molar-refractivity contribution in [1.82, 2.24) is 10.3 Å². The SMILES string of the molecule is CCCNC(=O)c1cc(C(=O)Nc2ccc(C)c(Br)c2)ccn1. The maximum absolute atomic E-state index is 12.3. The van der Waals surface area contributed by atoms with Crippen LogP contribution in [0.1, 0.15) is 39.8 Å². The molecule has 0 spiro atoms. The number of hydrogen-bond donors (Lipinski definition) is 2. The molecule has 0 unspecified atom stereocenters. The van der Waals surface area contributed by atoms with E-state index >= 15 is 0 Å². The number of amides is 2. The molecule has 0 bridgehead atoms. The second-order valence-corrected chi connectivity index (χ2v) is 5.96. The van der Waals surface area contributed by atoms with Gasteiger partial charge in [0, 0.05) is 28.5 Å². The topological polar surface area (TPSA) is 71.1 Å². The van der Waals surface area contributed by atoms with Crippen LogP contribution in [0.5, 0.6) is 0 Å². The number of nitrogens with zero attached hydrogens (tertiary/aromatic N) is 1. The molecule has 0 aliphatic carbocycles. The molecule has 23 heavy (non-hydrogen) atoms. The van der Waals surface area contributed by atoms with Crippen molar-refractivity contribution in [3.63, 3.8) is 0 Å². The van der Waals surface area contributed by atoms with Crippen LogP contribution in [0.4, 0.5) is 5.69 Å². The summed E-state index contributed by atoms with van der Waals surface area (Å²) in [6, 6.07) is 8.64. The first-order chi connectivity index (χ1) is 11.0. The van der Waals surface area contributed by atoms with Crippen molar-refractivity contribution in [2.75, 3.05) is 11.9 Å². The van der Waals surface area contributed by atoms with Gasteiger partial charge in [-0.2, -0.15) is 0 Å². The van der Waals surface area contributed by atoms with E-state index in [1.54, 1.807) is 6.07 Å². The highest BCUT2D eigenvalue weighted by Gasteiger charge is 2.12. The van der Waals surface area contributed by atoms with Crippen LogP contribution in [0.2, 0.25) is 0 Å². The maximum Gasteiger partial charge on any atom is 0.269 e. The Morgan fingerprint density at radius 1 is 1.17 bits per heavy atom. The van der Waals surface area contributed by atoms with E-state index in [9.17, 15) is 9.59 Å². The zero-order valence-electron chi connectivity index (χ0n) is 13.0. The van der Waals surface area contributed by atoms with Gasteiger partial charge >= 0.3 is 0 Å². The van der Waals surface area contributed by atoms with Crippen molar-refractivity contribution in [1.29, 1.82) is 0 Å². The summed E-state index contributed by atoms with van der Waals surface area (Å²) in [4.78, 5) is 28.2. The Labute approximate surface area is 143 Å². The van der Waals surface area contributed by atoms with Crippen LogP contribution in [-0.4, -0.2) is 23.3 Å². The van der Waals surface area contributed by atoms with E-state index in [1.165, 1.54) is 12.3 Å².